The van der Waals surface area contributed by atoms with Crippen molar-refractivity contribution in [1.29, 1.82) is 0 Å². The van der Waals surface area contributed by atoms with Gasteiger partial charge in [-0.2, -0.15) is 0 Å². The van der Waals surface area contributed by atoms with Gasteiger partial charge in [-0.15, -0.1) is 0 Å². The first kappa shape index (κ1) is 44.5. The molecule has 0 amide bonds. The molecule has 59 heavy (non-hydrogen) atoms. The average Bonchev–Trinajstić information content (AvgIpc) is 3.16. The van der Waals surface area contributed by atoms with Gasteiger partial charge in [0, 0.05) is 11.3 Å². The number of aliphatic hydroxyl groups is 6. The second-order valence-corrected chi connectivity index (χ2v) is 20.5. The lowest BCUT2D eigenvalue weighted by Gasteiger charge is -2.70. The third-order valence-electron chi connectivity index (χ3n) is 17.4. The van der Waals surface area contributed by atoms with Crippen LogP contribution in [-0.2, 0) is 38.1 Å². The molecular formula is C42H62O17. The molecule has 17 heteroatoms. The highest BCUT2D eigenvalue weighted by Crippen LogP contribution is 2.75. The standard InChI is InChI=1S/C42H62O17/c1-37-11-12-38(2,36(54)55)16-19(37)18-15-20(44)31-39(3)9-8-22(40(4,17-43)21(39)7-10-42(31,6)41(18,5)14-13-37)56-35-30(26(48)25(47)29(58-35)33(52)53)59-34-27(49)23(45)24(46)28(57-34)32(50)51/h15,19,21-31,34-35,43,45-49H,7-14,16-17H2,1-6H3,(H,50,51)(H,52,53)(H,54,55)/t19-,21?,22-,23-,24-,25-,26-,27+,28-,29-,30+,31?,34?,35+,37+,38-,39-,40+,41+,42+/m0/s1. The summed E-state index contributed by atoms with van der Waals surface area (Å²) in [5.41, 5.74) is -2.63. The molecule has 0 aromatic carbocycles. The lowest BCUT2D eigenvalue weighted by Crippen LogP contribution is -2.69. The number of fused-ring (bicyclic) bond motifs is 7. The second kappa shape index (κ2) is 14.8. The molecule has 6 fully saturated rings. The zero-order valence-electron chi connectivity index (χ0n) is 34.5. The van der Waals surface area contributed by atoms with Crippen molar-refractivity contribution in [2.45, 2.75) is 167 Å². The summed E-state index contributed by atoms with van der Waals surface area (Å²) in [6.07, 6.45) is -13.8. The summed E-state index contributed by atoms with van der Waals surface area (Å²) in [5, 5.41) is 94.3. The van der Waals surface area contributed by atoms with E-state index in [1.54, 1.807) is 0 Å². The van der Waals surface area contributed by atoms with E-state index in [1.807, 2.05) is 19.9 Å². The van der Waals surface area contributed by atoms with Crippen molar-refractivity contribution in [3.05, 3.63) is 11.6 Å². The van der Waals surface area contributed by atoms with Crippen LogP contribution in [0.5, 0.6) is 0 Å². The Morgan fingerprint density at radius 1 is 0.729 bits per heavy atom. The number of rotatable bonds is 8. The summed E-state index contributed by atoms with van der Waals surface area (Å²) in [6.45, 7) is 12.0. The zero-order chi connectivity index (χ0) is 43.6. The number of carboxylic acids is 3. The molecule has 17 nitrogen and oxygen atoms in total. The Morgan fingerprint density at radius 3 is 1.92 bits per heavy atom. The Bertz CT molecular complexity index is 1750. The van der Waals surface area contributed by atoms with E-state index in [0.29, 0.717) is 32.1 Å². The molecule has 2 heterocycles. The van der Waals surface area contributed by atoms with E-state index in [0.717, 1.165) is 24.8 Å². The summed E-state index contributed by atoms with van der Waals surface area (Å²) in [4.78, 5) is 51.4. The van der Waals surface area contributed by atoms with Gasteiger partial charge in [0.25, 0.3) is 0 Å². The topological polar surface area (TPSA) is 287 Å². The van der Waals surface area contributed by atoms with Gasteiger partial charge in [-0.3, -0.25) is 9.59 Å². The molecule has 7 rings (SSSR count). The molecule has 5 aliphatic carbocycles. The fourth-order valence-electron chi connectivity index (χ4n) is 13.4. The minimum absolute atomic E-state index is 0.0119. The number of allylic oxidation sites excluding steroid dienone is 2. The second-order valence-electron chi connectivity index (χ2n) is 20.5. The molecule has 0 bridgehead atoms. The number of carboxylic acid groups (broad SMARTS) is 3. The molecule has 332 valence electrons. The number of ketones is 1. The Morgan fingerprint density at radius 2 is 1.32 bits per heavy atom. The first-order valence-electron chi connectivity index (χ1n) is 20.9. The molecule has 0 aromatic rings. The van der Waals surface area contributed by atoms with Crippen molar-refractivity contribution in [3.63, 3.8) is 0 Å². The maximum Gasteiger partial charge on any atom is 0.335 e. The fraction of sp³-hybridized carbons (Fsp3) is 0.857. The minimum Gasteiger partial charge on any atom is -0.481 e. The monoisotopic (exact) mass is 838 g/mol. The van der Waals surface area contributed by atoms with E-state index >= 15 is 0 Å². The number of hydrogen-bond donors (Lipinski definition) is 9. The largest absolute Gasteiger partial charge is 0.481 e. The van der Waals surface area contributed by atoms with Gasteiger partial charge >= 0.3 is 17.9 Å². The van der Waals surface area contributed by atoms with Gasteiger partial charge in [-0.05, 0) is 104 Å². The first-order valence-corrected chi connectivity index (χ1v) is 20.9. The van der Waals surface area contributed by atoms with E-state index in [4.69, 9.17) is 18.9 Å². The summed E-state index contributed by atoms with van der Waals surface area (Å²) < 4.78 is 23.2. The van der Waals surface area contributed by atoms with Crippen LogP contribution in [0, 0.1) is 50.2 Å². The lowest BCUT2D eigenvalue weighted by atomic mass is 9.33. The Kier molecular flexibility index (Phi) is 11.1. The molecule has 4 saturated carbocycles. The molecule has 0 spiro atoms. The molecule has 9 N–H and O–H groups in total. The summed E-state index contributed by atoms with van der Waals surface area (Å²) in [5.74, 6) is -5.02. The van der Waals surface area contributed by atoms with Gasteiger partial charge in [0.1, 0.15) is 36.6 Å². The maximum atomic E-state index is 14.9. The fourth-order valence-corrected chi connectivity index (χ4v) is 13.4. The van der Waals surface area contributed by atoms with E-state index in [9.17, 15) is 65.1 Å². The first-order chi connectivity index (χ1) is 27.3. The van der Waals surface area contributed by atoms with Crippen molar-refractivity contribution in [2.24, 2.45) is 50.2 Å². The van der Waals surface area contributed by atoms with Crippen molar-refractivity contribution < 1.29 is 84.1 Å². The van der Waals surface area contributed by atoms with Crippen LogP contribution < -0.4 is 0 Å². The number of carbonyl (C=O) groups is 4. The molecule has 7 aliphatic rings. The van der Waals surface area contributed by atoms with Crippen LogP contribution >= 0.6 is 0 Å². The van der Waals surface area contributed by atoms with Crippen LogP contribution in [0.3, 0.4) is 0 Å². The third kappa shape index (κ3) is 6.46. The Balaban J connectivity index is 1.19. The van der Waals surface area contributed by atoms with Crippen LogP contribution in [0.15, 0.2) is 11.6 Å². The highest BCUT2D eigenvalue weighted by atomic mass is 16.8. The molecule has 0 radical (unpaired) electrons. The smallest absolute Gasteiger partial charge is 0.335 e. The van der Waals surface area contributed by atoms with Crippen molar-refractivity contribution in [3.8, 4) is 0 Å². The highest BCUT2D eigenvalue weighted by molar-refractivity contribution is 5.95. The summed E-state index contributed by atoms with van der Waals surface area (Å²) >= 11 is 0. The zero-order valence-corrected chi connectivity index (χ0v) is 34.5. The number of ether oxygens (including phenoxy) is 4. The van der Waals surface area contributed by atoms with Crippen LogP contribution in [0.2, 0.25) is 0 Å². The van der Waals surface area contributed by atoms with E-state index in [1.165, 1.54) is 0 Å². The quantitative estimate of drug-likeness (QED) is 0.155. The van der Waals surface area contributed by atoms with Crippen LogP contribution in [0.25, 0.3) is 0 Å². The van der Waals surface area contributed by atoms with Gasteiger partial charge in [0.05, 0.1) is 18.1 Å². The van der Waals surface area contributed by atoms with E-state index < -0.39 is 125 Å². The molecule has 20 atom stereocenters. The van der Waals surface area contributed by atoms with Crippen molar-refractivity contribution >= 4 is 23.7 Å². The van der Waals surface area contributed by atoms with Gasteiger partial charge < -0.3 is 64.9 Å². The van der Waals surface area contributed by atoms with Gasteiger partial charge in [-0.25, -0.2) is 9.59 Å². The Labute approximate surface area is 342 Å². The number of aliphatic carboxylic acids is 3. The van der Waals surface area contributed by atoms with Gasteiger partial charge in [0.15, 0.2) is 30.6 Å². The van der Waals surface area contributed by atoms with Crippen molar-refractivity contribution in [2.75, 3.05) is 6.61 Å². The normalized spacial score (nSPS) is 53.5. The van der Waals surface area contributed by atoms with Crippen LogP contribution in [-0.4, -0.2) is 144 Å². The third-order valence-corrected chi connectivity index (χ3v) is 17.4. The van der Waals surface area contributed by atoms with Gasteiger partial charge in [-0.1, -0.05) is 40.2 Å². The van der Waals surface area contributed by atoms with Crippen molar-refractivity contribution in [1.82, 2.24) is 0 Å². The molecule has 2 saturated heterocycles. The predicted molar refractivity (Wildman–Crippen MR) is 201 cm³/mol. The number of carbonyl (C=O) groups excluding carboxylic acids is 1. The average molecular weight is 839 g/mol. The molecule has 2 aliphatic heterocycles. The SMILES string of the molecule is C[C@]1(C(=O)O)CC[C@]2(C)CC[C@]3(C)C(=CC(=O)C4[C@@]5(C)CC[C@H](O[C@@H]6O[C@H](C(=O)O)[C@@H](O)[C@H](O)[C@H]6OC6O[C@H](C(=O)O)[C@@H](O)[C@H](O)[C@H]6O)[C@](C)(CO)C5CC[C@]43C)[C@@H]2C1. The molecular weight excluding hydrogens is 776 g/mol. The summed E-state index contributed by atoms with van der Waals surface area (Å²) in [7, 11) is 0. The summed E-state index contributed by atoms with van der Waals surface area (Å²) in [6, 6.07) is 0. The van der Waals surface area contributed by atoms with Crippen LogP contribution in [0.4, 0.5) is 0 Å². The maximum absolute atomic E-state index is 14.9. The van der Waals surface area contributed by atoms with E-state index in [-0.39, 0.29) is 29.5 Å². The van der Waals surface area contributed by atoms with Gasteiger partial charge in [0.2, 0.25) is 0 Å². The number of aliphatic hydroxyl groups excluding tert-OH is 6. The van der Waals surface area contributed by atoms with Crippen LogP contribution in [0.1, 0.15) is 99.3 Å². The minimum atomic E-state index is -2.10. The van der Waals surface area contributed by atoms with E-state index in [2.05, 4.69) is 27.7 Å². The lowest BCUT2D eigenvalue weighted by molar-refractivity contribution is -0.372. The Hall–Kier alpha value is -2.58. The predicted octanol–water partition coefficient (Wildman–Crippen LogP) is 1.22. The molecule has 3 unspecified atom stereocenters. The number of hydrogen-bond acceptors (Lipinski definition) is 14. The molecule has 0 aromatic heterocycles. The highest BCUT2D eigenvalue weighted by Gasteiger charge is 2.71.